The number of nitrogens with zero attached hydrogens (tertiary/aromatic N) is 2. The molecule has 0 heterocycles. The third-order valence-electron chi connectivity index (χ3n) is 7.61. The number of anilines is 1. The fourth-order valence-electron chi connectivity index (χ4n) is 5.16. The first kappa shape index (κ1) is 36.3. The van der Waals surface area contributed by atoms with Gasteiger partial charge in [0.1, 0.15) is 12.6 Å². The monoisotopic (exact) mass is 691 g/mol. The maximum atomic E-state index is 14.7. The number of benzene rings is 4. The second-order valence-electron chi connectivity index (χ2n) is 12.4. The number of rotatable bonds is 13. The van der Waals surface area contributed by atoms with E-state index < -0.39 is 34.1 Å². The number of carbonyl (C=O) groups excluding carboxylic acids is 2. The van der Waals surface area contributed by atoms with Crippen LogP contribution in [0.2, 0.25) is 5.02 Å². The van der Waals surface area contributed by atoms with Crippen molar-refractivity contribution in [1.29, 1.82) is 0 Å². The Bertz CT molecular complexity index is 1830. The van der Waals surface area contributed by atoms with Gasteiger partial charge in [-0.05, 0) is 69.2 Å². The van der Waals surface area contributed by atoms with E-state index in [1.165, 1.54) is 37.3 Å². The summed E-state index contributed by atoms with van der Waals surface area (Å²) in [6, 6.07) is 26.5. The molecule has 0 aliphatic rings. The van der Waals surface area contributed by atoms with Crippen molar-refractivity contribution in [2.24, 2.45) is 0 Å². The molecule has 1 N–H and O–H groups in total. The molecular formula is C37H42ClN3O6S. The molecular weight excluding hydrogens is 650 g/mol. The zero-order chi connectivity index (χ0) is 35.1. The molecule has 48 heavy (non-hydrogen) atoms. The number of sulfonamides is 1. The van der Waals surface area contributed by atoms with Gasteiger partial charge in [0.15, 0.2) is 11.5 Å². The van der Waals surface area contributed by atoms with Gasteiger partial charge in [-0.2, -0.15) is 0 Å². The van der Waals surface area contributed by atoms with E-state index in [4.69, 9.17) is 21.1 Å². The van der Waals surface area contributed by atoms with E-state index in [2.05, 4.69) is 5.32 Å². The van der Waals surface area contributed by atoms with Crippen molar-refractivity contribution in [3.05, 3.63) is 119 Å². The van der Waals surface area contributed by atoms with E-state index in [0.717, 1.165) is 15.4 Å². The van der Waals surface area contributed by atoms with Gasteiger partial charge >= 0.3 is 0 Å². The number of aryl methyl sites for hydroxylation is 1. The highest BCUT2D eigenvalue weighted by atomic mass is 35.5. The van der Waals surface area contributed by atoms with Crippen molar-refractivity contribution >= 4 is 39.1 Å². The molecule has 0 saturated heterocycles. The molecule has 0 spiro atoms. The van der Waals surface area contributed by atoms with Gasteiger partial charge < -0.3 is 19.7 Å². The smallest absolute Gasteiger partial charge is 0.264 e. The number of methoxy groups -OCH3 is 2. The molecule has 0 saturated carbocycles. The highest BCUT2D eigenvalue weighted by Crippen LogP contribution is 2.33. The molecule has 0 bridgehead atoms. The lowest BCUT2D eigenvalue weighted by molar-refractivity contribution is -0.140. The Hall–Kier alpha value is -4.54. The molecule has 0 unspecified atom stereocenters. The number of hydrogen-bond acceptors (Lipinski definition) is 6. The molecule has 0 aromatic heterocycles. The molecule has 4 aromatic rings. The Kier molecular flexibility index (Phi) is 11.8. The first-order valence-electron chi connectivity index (χ1n) is 15.4. The number of ether oxygens (including phenoxy) is 2. The SMILES string of the molecule is COc1ccc(S(=O)(=O)N(CC(=O)N(Cc2ccccc2Cl)[C@@H](Cc2ccccc2)C(=O)NC(C)(C)C)c2ccc(C)cc2)cc1OC. The zero-order valence-corrected chi connectivity index (χ0v) is 29.6. The van der Waals surface area contributed by atoms with E-state index >= 15 is 0 Å². The first-order valence-corrected chi connectivity index (χ1v) is 17.3. The van der Waals surface area contributed by atoms with Crippen LogP contribution in [-0.4, -0.2) is 57.5 Å². The third kappa shape index (κ3) is 9.08. The number of halogens is 1. The second kappa shape index (κ2) is 15.6. The van der Waals surface area contributed by atoms with Gasteiger partial charge in [0.2, 0.25) is 11.8 Å². The number of nitrogens with one attached hydrogen (secondary N) is 1. The van der Waals surface area contributed by atoms with Crippen LogP contribution in [0.3, 0.4) is 0 Å². The molecule has 9 nitrogen and oxygen atoms in total. The molecule has 11 heteroatoms. The van der Waals surface area contributed by atoms with E-state index in [-0.39, 0.29) is 35.2 Å². The van der Waals surface area contributed by atoms with E-state index in [0.29, 0.717) is 16.3 Å². The second-order valence-corrected chi connectivity index (χ2v) is 14.7. The van der Waals surface area contributed by atoms with Crippen LogP contribution in [-0.2, 0) is 32.6 Å². The minimum atomic E-state index is -4.34. The van der Waals surface area contributed by atoms with Crippen molar-refractivity contribution < 1.29 is 27.5 Å². The lowest BCUT2D eigenvalue weighted by atomic mass is 10.0. The standard InChI is InChI=1S/C37H42ClN3O6S/c1-26-16-18-29(19-17-26)41(48(44,45)30-20-21-33(46-5)34(23-30)47-6)25-35(42)40(24-28-14-10-11-15-31(28)38)32(36(43)39-37(2,3)4)22-27-12-8-7-9-13-27/h7-21,23,32H,22,24-25H2,1-6H3,(H,39,43)/t32-/m0/s1. The molecule has 0 aliphatic heterocycles. The Balaban J connectivity index is 1.85. The lowest BCUT2D eigenvalue weighted by Gasteiger charge is -2.35. The molecule has 254 valence electrons. The van der Waals surface area contributed by atoms with Gasteiger partial charge in [-0.1, -0.05) is 77.8 Å². The van der Waals surface area contributed by atoms with Gasteiger partial charge in [0.05, 0.1) is 24.8 Å². The summed E-state index contributed by atoms with van der Waals surface area (Å²) in [5.41, 5.74) is 2.03. The maximum absolute atomic E-state index is 14.7. The summed E-state index contributed by atoms with van der Waals surface area (Å²) in [6.07, 6.45) is 0.186. The van der Waals surface area contributed by atoms with Crippen molar-refractivity contribution in [2.45, 2.75) is 57.1 Å². The predicted molar refractivity (Wildman–Crippen MR) is 189 cm³/mol. The summed E-state index contributed by atoms with van der Waals surface area (Å²) < 4.78 is 40.5. The third-order valence-corrected chi connectivity index (χ3v) is 9.75. The highest BCUT2D eigenvalue weighted by Gasteiger charge is 2.36. The molecule has 4 rings (SSSR count). The van der Waals surface area contributed by atoms with Gasteiger partial charge in [-0.3, -0.25) is 13.9 Å². The average Bonchev–Trinajstić information content (AvgIpc) is 3.05. The van der Waals surface area contributed by atoms with Gasteiger partial charge in [-0.25, -0.2) is 8.42 Å². The van der Waals surface area contributed by atoms with Crippen LogP contribution < -0.4 is 19.1 Å². The van der Waals surface area contributed by atoms with Crippen LogP contribution in [0.4, 0.5) is 5.69 Å². The fourth-order valence-corrected chi connectivity index (χ4v) is 6.79. The Morgan fingerprint density at radius 1 is 0.854 bits per heavy atom. The summed E-state index contributed by atoms with van der Waals surface area (Å²) in [5, 5.41) is 3.44. The van der Waals surface area contributed by atoms with Crippen LogP contribution in [0.15, 0.2) is 102 Å². The quantitative estimate of drug-likeness (QED) is 0.174. The van der Waals surface area contributed by atoms with Crippen LogP contribution >= 0.6 is 11.6 Å². The Morgan fingerprint density at radius 2 is 1.48 bits per heavy atom. The van der Waals surface area contributed by atoms with Crippen molar-refractivity contribution in [3.8, 4) is 11.5 Å². The molecule has 1 atom stereocenters. The Morgan fingerprint density at radius 3 is 2.08 bits per heavy atom. The average molecular weight is 692 g/mol. The maximum Gasteiger partial charge on any atom is 0.264 e. The predicted octanol–water partition coefficient (Wildman–Crippen LogP) is 6.42. The normalized spacial score (nSPS) is 12.1. The minimum Gasteiger partial charge on any atom is -0.493 e. The minimum absolute atomic E-state index is 0.0360. The molecule has 0 radical (unpaired) electrons. The van der Waals surface area contributed by atoms with Crippen LogP contribution in [0.5, 0.6) is 11.5 Å². The molecule has 2 amide bonds. The Labute approximate surface area is 288 Å². The number of amides is 2. The molecule has 4 aromatic carbocycles. The first-order chi connectivity index (χ1) is 22.7. The fraction of sp³-hybridized carbons (Fsp3) is 0.297. The van der Waals surface area contributed by atoms with Crippen LogP contribution in [0, 0.1) is 6.92 Å². The lowest BCUT2D eigenvalue weighted by Crippen LogP contribution is -2.56. The number of hydrogen-bond donors (Lipinski definition) is 1. The van der Waals surface area contributed by atoms with Crippen LogP contribution in [0.25, 0.3) is 0 Å². The summed E-state index contributed by atoms with van der Waals surface area (Å²) in [4.78, 5) is 30.0. The van der Waals surface area contributed by atoms with Crippen molar-refractivity contribution in [3.63, 3.8) is 0 Å². The molecule has 0 fully saturated rings. The van der Waals surface area contributed by atoms with Gasteiger partial charge in [0.25, 0.3) is 10.0 Å². The van der Waals surface area contributed by atoms with E-state index in [9.17, 15) is 18.0 Å². The molecule has 0 aliphatic carbocycles. The van der Waals surface area contributed by atoms with Gasteiger partial charge in [0, 0.05) is 29.6 Å². The van der Waals surface area contributed by atoms with Crippen molar-refractivity contribution in [2.75, 3.05) is 25.1 Å². The highest BCUT2D eigenvalue weighted by molar-refractivity contribution is 7.92. The summed E-state index contributed by atoms with van der Waals surface area (Å²) in [7, 11) is -1.47. The summed E-state index contributed by atoms with van der Waals surface area (Å²) >= 11 is 6.58. The van der Waals surface area contributed by atoms with E-state index in [1.54, 1.807) is 48.5 Å². The topological polar surface area (TPSA) is 105 Å². The number of carbonyl (C=O) groups is 2. The zero-order valence-electron chi connectivity index (χ0n) is 28.1. The summed E-state index contributed by atoms with van der Waals surface area (Å²) in [5.74, 6) is -0.397. The summed E-state index contributed by atoms with van der Waals surface area (Å²) in [6.45, 7) is 6.83. The largest absolute Gasteiger partial charge is 0.493 e. The van der Waals surface area contributed by atoms with Crippen LogP contribution in [0.1, 0.15) is 37.5 Å². The van der Waals surface area contributed by atoms with Crippen molar-refractivity contribution in [1.82, 2.24) is 10.2 Å². The van der Waals surface area contributed by atoms with Gasteiger partial charge in [-0.15, -0.1) is 0 Å². The van der Waals surface area contributed by atoms with E-state index in [1.807, 2.05) is 58.0 Å².